The highest BCUT2D eigenvalue weighted by atomic mass is 16.5. The number of carboxylic acids is 1. The summed E-state index contributed by atoms with van der Waals surface area (Å²) in [5, 5.41) is 9.00. The van der Waals surface area contributed by atoms with Crippen LogP contribution in [0.5, 0.6) is 0 Å². The van der Waals surface area contributed by atoms with Crippen LogP contribution in [-0.4, -0.2) is 23.2 Å². The third-order valence-electron chi connectivity index (χ3n) is 2.74. The van der Waals surface area contributed by atoms with E-state index in [0.29, 0.717) is 11.6 Å². The van der Waals surface area contributed by atoms with Gasteiger partial charge in [0.1, 0.15) is 5.69 Å². The smallest absolute Gasteiger partial charge is 0.373 e. The van der Waals surface area contributed by atoms with Gasteiger partial charge in [-0.2, -0.15) is 0 Å². The van der Waals surface area contributed by atoms with Crippen LogP contribution in [0, 0.1) is 0 Å². The highest BCUT2D eigenvalue weighted by Crippen LogP contribution is 2.27. The van der Waals surface area contributed by atoms with E-state index in [0.717, 1.165) is 24.8 Å². The highest BCUT2D eigenvalue weighted by molar-refractivity contribution is 5.86. The van der Waals surface area contributed by atoms with Gasteiger partial charge < -0.3 is 14.3 Å². The molecule has 0 fully saturated rings. The summed E-state index contributed by atoms with van der Waals surface area (Å²) in [6.45, 7) is 0.151. The second-order valence-electron chi connectivity index (χ2n) is 4.01. The van der Waals surface area contributed by atoms with Gasteiger partial charge in [0.25, 0.3) is 0 Å². The van der Waals surface area contributed by atoms with Gasteiger partial charge in [0.2, 0.25) is 11.7 Å². The maximum atomic E-state index is 11.0. The van der Waals surface area contributed by atoms with Crippen molar-refractivity contribution in [2.75, 3.05) is 7.11 Å². The third kappa shape index (κ3) is 2.55. The van der Waals surface area contributed by atoms with Gasteiger partial charge in [-0.1, -0.05) is 6.08 Å². The average Bonchev–Trinajstić information content (AvgIpc) is 2.75. The number of hydrogen-bond donors (Lipinski definition) is 1. The molecule has 0 bridgehead atoms. The summed E-state index contributed by atoms with van der Waals surface area (Å²) in [5.74, 6) is -0.797. The lowest BCUT2D eigenvalue weighted by molar-refractivity contribution is 0.0655. The van der Waals surface area contributed by atoms with Crippen LogP contribution in [0.4, 0.5) is 0 Å². The summed E-state index contributed by atoms with van der Waals surface area (Å²) in [7, 11) is 1.50. The molecular formula is C12H15NO4. The number of hydrogen-bond acceptors (Lipinski definition) is 4. The average molecular weight is 237 g/mol. The van der Waals surface area contributed by atoms with Crippen molar-refractivity contribution in [3.05, 3.63) is 23.4 Å². The Balaban J connectivity index is 2.32. The number of nitrogens with zero attached hydrogens (tertiary/aromatic N) is 1. The SMILES string of the molecule is COCc1nc(C2=CCCCC2)oc1C(=O)O. The van der Waals surface area contributed by atoms with Gasteiger partial charge in [0, 0.05) is 12.7 Å². The van der Waals surface area contributed by atoms with E-state index in [1.54, 1.807) is 0 Å². The third-order valence-corrected chi connectivity index (χ3v) is 2.74. The molecule has 0 aliphatic heterocycles. The maximum Gasteiger partial charge on any atom is 0.373 e. The van der Waals surface area contributed by atoms with Crippen LogP contribution in [0.2, 0.25) is 0 Å². The summed E-state index contributed by atoms with van der Waals surface area (Å²) in [5.41, 5.74) is 1.35. The number of aromatic nitrogens is 1. The standard InChI is InChI=1S/C12H15NO4/c1-16-7-9-10(12(14)15)17-11(13-9)8-5-3-2-4-6-8/h5H,2-4,6-7H2,1H3,(H,14,15). The molecule has 1 aromatic rings. The predicted molar refractivity (Wildman–Crippen MR) is 60.6 cm³/mol. The molecule has 5 heteroatoms. The van der Waals surface area contributed by atoms with Crippen LogP contribution in [0.1, 0.15) is 47.8 Å². The molecule has 1 aliphatic rings. The molecule has 92 valence electrons. The van der Waals surface area contributed by atoms with E-state index in [1.165, 1.54) is 13.5 Å². The molecule has 0 atom stereocenters. The molecule has 0 saturated heterocycles. The van der Waals surface area contributed by atoms with Gasteiger partial charge >= 0.3 is 5.97 Å². The van der Waals surface area contributed by atoms with Crippen molar-refractivity contribution in [2.45, 2.75) is 32.3 Å². The van der Waals surface area contributed by atoms with Gasteiger partial charge in [-0.25, -0.2) is 9.78 Å². The van der Waals surface area contributed by atoms with Crippen molar-refractivity contribution in [3.63, 3.8) is 0 Å². The van der Waals surface area contributed by atoms with E-state index in [9.17, 15) is 4.79 Å². The van der Waals surface area contributed by atoms with Crippen molar-refractivity contribution in [1.82, 2.24) is 4.98 Å². The van der Waals surface area contributed by atoms with Crippen molar-refractivity contribution in [2.24, 2.45) is 0 Å². The lowest BCUT2D eigenvalue weighted by Gasteiger charge is -2.08. The van der Waals surface area contributed by atoms with Gasteiger partial charge in [0.05, 0.1) is 6.61 Å². The van der Waals surface area contributed by atoms with E-state index < -0.39 is 5.97 Å². The molecule has 5 nitrogen and oxygen atoms in total. The van der Waals surface area contributed by atoms with Crippen molar-refractivity contribution < 1.29 is 19.1 Å². The zero-order valence-corrected chi connectivity index (χ0v) is 9.73. The van der Waals surface area contributed by atoms with E-state index in [2.05, 4.69) is 11.1 Å². The first-order valence-corrected chi connectivity index (χ1v) is 5.63. The summed E-state index contributed by atoms with van der Waals surface area (Å²) in [4.78, 5) is 15.2. The molecule has 0 aromatic carbocycles. The van der Waals surface area contributed by atoms with E-state index >= 15 is 0 Å². The number of rotatable bonds is 4. The Morgan fingerprint density at radius 2 is 2.41 bits per heavy atom. The van der Waals surface area contributed by atoms with Crippen LogP contribution in [0.25, 0.3) is 5.57 Å². The van der Waals surface area contributed by atoms with Crippen molar-refractivity contribution in [3.8, 4) is 0 Å². The van der Waals surface area contributed by atoms with Gasteiger partial charge in [-0.15, -0.1) is 0 Å². The van der Waals surface area contributed by atoms with Crippen LogP contribution in [-0.2, 0) is 11.3 Å². The second kappa shape index (κ2) is 5.14. The van der Waals surface area contributed by atoms with Crippen molar-refractivity contribution in [1.29, 1.82) is 0 Å². The number of ether oxygens (including phenoxy) is 1. The second-order valence-corrected chi connectivity index (χ2v) is 4.01. The maximum absolute atomic E-state index is 11.0. The number of methoxy groups -OCH3 is 1. The molecule has 1 N–H and O–H groups in total. The molecule has 0 radical (unpaired) electrons. The zero-order valence-electron chi connectivity index (χ0n) is 9.73. The number of oxazole rings is 1. The Morgan fingerprint density at radius 1 is 1.59 bits per heavy atom. The van der Waals surface area contributed by atoms with Gasteiger partial charge in [-0.3, -0.25) is 0 Å². The minimum absolute atomic E-state index is 0.117. The van der Waals surface area contributed by atoms with Crippen molar-refractivity contribution >= 4 is 11.5 Å². The fraction of sp³-hybridized carbons (Fsp3) is 0.500. The molecule has 0 spiro atoms. The van der Waals surface area contributed by atoms with Gasteiger partial charge in [-0.05, 0) is 25.7 Å². The predicted octanol–water partition coefficient (Wildman–Crippen LogP) is 2.48. The largest absolute Gasteiger partial charge is 0.475 e. The molecular weight excluding hydrogens is 222 g/mol. The Morgan fingerprint density at radius 3 is 3.00 bits per heavy atom. The molecule has 1 heterocycles. The first-order valence-electron chi connectivity index (χ1n) is 5.63. The summed E-state index contributed by atoms with van der Waals surface area (Å²) < 4.78 is 10.2. The normalized spacial score (nSPS) is 15.7. The van der Waals surface area contributed by atoms with Crippen LogP contribution < -0.4 is 0 Å². The Hall–Kier alpha value is -1.62. The Kier molecular flexibility index (Phi) is 3.58. The topological polar surface area (TPSA) is 72.6 Å². The first kappa shape index (κ1) is 11.9. The summed E-state index contributed by atoms with van der Waals surface area (Å²) >= 11 is 0. The fourth-order valence-electron chi connectivity index (χ4n) is 1.92. The van der Waals surface area contributed by atoms with Crippen LogP contribution in [0.15, 0.2) is 10.5 Å². The first-order chi connectivity index (χ1) is 8.22. The Labute approximate surface area is 99.1 Å². The van der Waals surface area contributed by atoms with E-state index in [4.69, 9.17) is 14.3 Å². The molecule has 2 rings (SSSR count). The Bertz CT molecular complexity index is 447. The number of aromatic carboxylic acids is 1. The van der Waals surface area contributed by atoms with Crippen LogP contribution in [0.3, 0.4) is 0 Å². The monoisotopic (exact) mass is 237 g/mol. The summed E-state index contributed by atoms with van der Waals surface area (Å²) in [6, 6.07) is 0. The minimum Gasteiger partial charge on any atom is -0.475 e. The van der Waals surface area contributed by atoms with E-state index in [-0.39, 0.29) is 12.4 Å². The fourth-order valence-corrected chi connectivity index (χ4v) is 1.92. The number of allylic oxidation sites excluding steroid dienone is 2. The highest BCUT2D eigenvalue weighted by Gasteiger charge is 2.21. The lowest BCUT2D eigenvalue weighted by atomic mass is 10.00. The van der Waals surface area contributed by atoms with Crippen LogP contribution >= 0.6 is 0 Å². The molecule has 1 aromatic heterocycles. The molecule has 1 aliphatic carbocycles. The molecule has 17 heavy (non-hydrogen) atoms. The lowest BCUT2D eigenvalue weighted by Crippen LogP contribution is -2.00. The molecule has 0 unspecified atom stereocenters. The molecule has 0 amide bonds. The quantitative estimate of drug-likeness (QED) is 0.870. The zero-order chi connectivity index (χ0) is 12.3. The number of carbonyl (C=O) groups is 1. The summed E-state index contributed by atoms with van der Waals surface area (Å²) in [6.07, 6.45) is 6.22. The van der Waals surface area contributed by atoms with E-state index in [1.807, 2.05) is 0 Å². The van der Waals surface area contributed by atoms with Gasteiger partial charge in [0.15, 0.2) is 0 Å². The molecule has 0 saturated carbocycles. The number of carboxylic acid groups (broad SMARTS) is 1. The minimum atomic E-state index is -1.10.